The molecule has 0 spiro atoms. The lowest BCUT2D eigenvalue weighted by atomic mass is 10.1. The quantitative estimate of drug-likeness (QED) is 0.439. The van der Waals surface area contributed by atoms with Crippen molar-refractivity contribution in [3.05, 3.63) is 57.1 Å². The van der Waals surface area contributed by atoms with Crippen molar-refractivity contribution in [2.45, 2.75) is 38.3 Å². The maximum absolute atomic E-state index is 11.7. The molecule has 3 rings (SSSR count). The fraction of sp³-hybridized carbons (Fsp3) is 0.294. The van der Waals surface area contributed by atoms with Crippen molar-refractivity contribution in [1.29, 1.82) is 0 Å². The summed E-state index contributed by atoms with van der Waals surface area (Å²) in [5, 5.41) is 13.1. The van der Waals surface area contributed by atoms with Crippen LogP contribution >= 0.6 is 27.7 Å². The van der Waals surface area contributed by atoms with Gasteiger partial charge in [-0.2, -0.15) is 5.10 Å². The van der Waals surface area contributed by atoms with E-state index in [1.165, 1.54) is 11.8 Å². The van der Waals surface area contributed by atoms with E-state index in [0.29, 0.717) is 23.4 Å². The first kappa shape index (κ1) is 17.9. The van der Waals surface area contributed by atoms with Crippen molar-refractivity contribution in [2.24, 2.45) is 0 Å². The molecule has 0 amide bonds. The van der Waals surface area contributed by atoms with Crippen LogP contribution in [0, 0.1) is 13.8 Å². The minimum atomic E-state index is 0.0533. The summed E-state index contributed by atoms with van der Waals surface area (Å²) in [5.74, 6) is 1.15. The average Bonchev–Trinajstić information content (AvgIpc) is 3.14. The lowest BCUT2D eigenvalue weighted by molar-refractivity contribution is 0.101. The van der Waals surface area contributed by atoms with E-state index in [9.17, 15) is 4.79 Å². The third-order valence-corrected chi connectivity index (χ3v) is 5.79. The fourth-order valence-corrected chi connectivity index (χ4v) is 3.52. The molecule has 2 aromatic heterocycles. The van der Waals surface area contributed by atoms with Gasteiger partial charge in [0, 0.05) is 11.3 Å². The van der Waals surface area contributed by atoms with Crippen LogP contribution < -0.4 is 0 Å². The highest BCUT2D eigenvalue weighted by atomic mass is 79.9. The van der Waals surface area contributed by atoms with Gasteiger partial charge in [-0.05, 0) is 42.3 Å². The molecule has 0 saturated carbocycles. The number of hydrogen-bond donors (Lipinski definition) is 0. The number of thioether (sulfide) groups is 1. The molecule has 0 atom stereocenters. The van der Waals surface area contributed by atoms with E-state index in [1.54, 1.807) is 6.92 Å². The summed E-state index contributed by atoms with van der Waals surface area (Å²) in [6.07, 6.45) is 0. The van der Waals surface area contributed by atoms with Crippen molar-refractivity contribution in [3.8, 4) is 0 Å². The van der Waals surface area contributed by atoms with E-state index in [0.717, 1.165) is 27.0 Å². The Balaban J connectivity index is 1.68. The first-order valence-corrected chi connectivity index (χ1v) is 9.47. The van der Waals surface area contributed by atoms with E-state index in [4.69, 9.17) is 4.42 Å². The molecule has 8 heteroatoms. The van der Waals surface area contributed by atoms with Crippen LogP contribution in [-0.2, 0) is 12.3 Å². The van der Waals surface area contributed by atoms with Crippen molar-refractivity contribution in [1.82, 2.24) is 20.0 Å². The van der Waals surface area contributed by atoms with Gasteiger partial charge in [-0.15, -0.1) is 10.2 Å². The molecule has 130 valence electrons. The SMILES string of the molecule is CC(=O)c1ccccc1CSc1nnc(Cn2nc(C)c(Br)c2C)o1. The summed E-state index contributed by atoms with van der Waals surface area (Å²) in [4.78, 5) is 11.7. The van der Waals surface area contributed by atoms with Gasteiger partial charge < -0.3 is 4.42 Å². The number of nitrogens with zero attached hydrogens (tertiary/aromatic N) is 4. The number of halogens is 1. The Labute approximate surface area is 158 Å². The van der Waals surface area contributed by atoms with Crippen LogP contribution in [0.3, 0.4) is 0 Å². The predicted octanol–water partition coefficient (Wildman–Crippen LogP) is 4.19. The van der Waals surface area contributed by atoms with Crippen molar-refractivity contribution in [2.75, 3.05) is 0 Å². The van der Waals surface area contributed by atoms with Crippen LogP contribution in [0.5, 0.6) is 0 Å². The highest BCUT2D eigenvalue weighted by Crippen LogP contribution is 2.25. The van der Waals surface area contributed by atoms with E-state index < -0.39 is 0 Å². The number of carbonyl (C=O) groups is 1. The van der Waals surface area contributed by atoms with Gasteiger partial charge in [0.15, 0.2) is 5.78 Å². The van der Waals surface area contributed by atoms with Crippen LogP contribution in [0.15, 0.2) is 38.4 Å². The number of hydrogen-bond acceptors (Lipinski definition) is 6. The minimum Gasteiger partial charge on any atom is -0.414 e. The summed E-state index contributed by atoms with van der Waals surface area (Å²) < 4.78 is 8.51. The molecular weight excluding hydrogens is 404 g/mol. The van der Waals surface area contributed by atoms with Gasteiger partial charge in [0.1, 0.15) is 6.54 Å². The second kappa shape index (κ2) is 7.53. The summed E-state index contributed by atoms with van der Waals surface area (Å²) in [6.45, 7) is 5.92. The topological polar surface area (TPSA) is 73.8 Å². The van der Waals surface area contributed by atoms with Gasteiger partial charge in [-0.1, -0.05) is 36.0 Å². The summed E-state index contributed by atoms with van der Waals surface area (Å²) >= 11 is 4.92. The molecule has 0 N–H and O–H groups in total. The highest BCUT2D eigenvalue weighted by molar-refractivity contribution is 9.10. The van der Waals surface area contributed by atoms with E-state index >= 15 is 0 Å². The van der Waals surface area contributed by atoms with E-state index in [2.05, 4.69) is 31.2 Å². The van der Waals surface area contributed by atoms with E-state index in [-0.39, 0.29) is 5.78 Å². The molecule has 0 bridgehead atoms. The lowest BCUT2D eigenvalue weighted by Crippen LogP contribution is -2.04. The number of aromatic nitrogens is 4. The smallest absolute Gasteiger partial charge is 0.276 e. The van der Waals surface area contributed by atoms with Crippen LogP contribution in [0.25, 0.3) is 0 Å². The Kier molecular flexibility index (Phi) is 5.39. The summed E-state index contributed by atoms with van der Waals surface area (Å²) in [7, 11) is 0. The van der Waals surface area contributed by atoms with Gasteiger partial charge in [0.25, 0.3) is 5.22 Å². The molecular formula is C17H17BrN4O2S. The first-order chi connectivity index (χ1) is 12.0. The standard InChI is InChI=1S/C17H17BrN4O2S/c1-10-16(18)11(2)22(21-10)8-15-19-20-17(24-15)25-9-13-6-4-5-7-14(13)12(3)23/h4-7H,8-9H2,1-3H3. The zero-order valence-electron chi connectivity index (χ0n) is 14.1. The highest BCUT2D eigenvalue weighted by Gasteiger charge is 2.14. The molecule has 6 nitrogen and oxygen atoms in total. The van der Waals surface area contributed by atoms with Crippen LogP contribution in [-0.4, -0.2) is 25.8 Å². The second-order valence-electron chi connectivity index (χ2n) is 5.61. The molecule has 0 aliphatic heterocycles. The minimum absolute atomic E-state index is 0.0533. The number of aryl methyl sites for hydroxylation is 1. The molecule has 0 saturated heterocycles. The zero-order chi connectivity index (χ0) is 18.0. The number of Topliss-reactive ketones (excluding diaryl/α,β-unsaturated/α-hetero) is 1. The van der Waals surface area contributed by atoms with Gasteiger partial charge in [0.2, 0.25) is 5.89 Å². The van der Waals surface area contributed by atoms with Crippen molar-refractivity contribution < 1.29 is 9.21 Å². The maximum Gasteiger partial charge on any atom is 0.276 e. The molecule has 0 fully saturated rings. The van der Waals surface area contributed by atoms with Gasteiger partial charge >= 0.3 is 0 Å². The first-order valence-electron chi connectivity index (χ1n) is 7.69. The fourth-order valence-electron chi connectivity index (χ4n) is 2.45. The largest absolute Gasteiger partial charge is 0.414 e. The Morgan fingerprint density at radius 3 is 2.72 bits per heavy atom. The summed E-state index contributed by atoms with van der Waals surface area (Å²) in [5.41, 5.74) is 3.62. The number of benzene rings is 1. The summed E-state index contributed by atoms with van der Waals surface area (Å²) in [6, 6.07) is 7.55. The van der Waals surface area contributed by atoms with Crippen LogP contribution in [0.2, 0.25) is 0 Å². The van der Waals surface area contributed by atoms with Crippen LogP contribution in [0.1, 0.15) is 40.1 Å². The predicted molar refractivity (Wildman–Crippen MR) is 98.8 cm³/mol. The molecule has 1 aromatic carbocycles. The number of rotatable bonds is 6. The Morgan fingerprint density at radius 1 is 1.28 bits per heavy atom. The Morgan fingerprint density at radius 2 is 2.04 bits per heavy atom. The van der Waals surface area contributed by atoms with Gasteiger partial charge in [-0.3, -0.25) is 9.48 Å². The van der Waals surface area contributed by atoms with Gasteiger partial charge in [0.05, 0.1) is 15.9 Å². The maximum atomic E-state index is 11.7. The molecule has 0 aliphatic rings. The lowest BCUT2D eigenvalue weighted by Gasteiger charge is -2.04. The van der Waals surface area contributed by atoms with E-state index in [1.807, 2.05) is 42.8 Å². The molecule has 0 radical (unpaired) electrons. The average molecular weight is 421 g/mol. The monoisotopic (exact) mass is 420 g/mol. The molecule has 3 aromatic rings. The Bertz CT molecular complexity index is 919. The molecule has 0 aliphatic carbocycles. The normalized spacial score (nSPS) is 11.0. The zero-order valence-corrected chi connectivity index (χ0v) is 16.5. The molecule has 25 heavy (non-hydrogen) atoms. The third-order valence-electron chi connectivity index (χ3n) is 3.77. The number of ketones is 1. The van der Waals surface area contributed by atoms with Crippen LogP contribution in [0.4, 0.5) is 0 Å². The number of carbonyl (C=O) groups excluding carboxylic acids is 1. The third kappa shape index (κ3) is 4.01. The molecule has 2 heterocycles. The van der Waals surface area contributed by atoms with Crippen molar-refractivity contribution >= 4 is 33.5 Å². The Hall–Kier alpha value is -1.93. The molecule has 0 unspecified atom stereocenters. The van der Waals surface area contributed by atoms with Crippen molar-refractivity contribution in [3.63, 3.8) is 0 Å². The van der Waals surface area contributed by atoms with Gasteiger partial charge in [-0.25, -0.2) is 0 Å². The second-order valence-corrected chi connectivity index (χ2v) is 7.33.